The fourth-order valence-electron chi connectivity index (χ4n) is 0.922. The summed E-state index contributed by atoms with van der Waals surface area (Å²) in [5.74, 6) is 0. The third kappa shape index (κ3) is 7.36. The molecular formula is C8H19PS2. The van der Waals surface area contributed by atoms with Crippen LogP contribution in [0.3, 0.4) is 0 Å². The van der Waals surface area contributed by atoms with Crippen LogP contribution in [0.4, 0.5) is 0 Å². The van der Waals surface area contributed by atoms with E-state index in [2.05, 4.69) is 26.1 Å². The summed E-state index contributed by atoms with van der Waals surface area (Å²) in [5.41, 5.74) is 0. The van der Waals surface area contributed by atoms with Crippen molar-refractivity contribution in [3.8, 4) is 0 Å². The standard InChI is InChI=1S/C8H19PS2/c1-3-5-7-9(10,11)8-6-4-2/h3-8H2,1-2H3,(H,10,11). The first-order valence-electron chi connectivity index (χ1n) is 4.43. The van der Waals surface area contributed by atoms with Gasteiger partial charge in [0.1, 0.15) is 0 Å². The van der Waals surface area contributed by atoms with Gasteiger partial charge in [0.05, 0.1) is 0 Å². The quantitative estimate of drug-likeness (QED) is 0.512. The molecule has 0 N–H and O–H groups in total. The van der Waals surface area contributed by atoms with Gasteiger partial charge in [-0.05, 0) is 25.2 Å². The number of hydrogen-bond acceptors (Lipinski definition) is 1. The SMILES string of the molecule is CCCCP(=S)(S)CCCC. The maximum atomic E-state index is 5.45. The van der Waals surface area contributed by atoms with Crippen LogP contribution in [0.2, 0.25) is 0 Å². The van der Waals surface area contributed by atoms with Crippen molar-refractivity contribution in [2.45, 2.75) is 39.5 Å². The van der Waals surface area contributed by atoms with Gasteiger partial charge in [0, 0.05) is 5.24 Å². The van der Waals surface area contributed by atoms with E-state index in [1.165, 1.54) is 38.0 Å². The minimum absolute atomic E-state index is 1.20. The van der Waals surface area contributed by atoms with Crippen molar-refractivity contribution in [2.75, 3.05) is 12.3 Å². The zero-order valence-electron chi connectivity index (χ0n) is 7.55. The summed E-state index contributed by atoms with van der Waals surface area (Å²) in [7, 11) is 0. The average Bonchev–Trinajstić information content (AvgIpc) is 1.97. The van der Waals surface area contributed by atoms with Gasteiger partial charge < -0.3 is 0 Å². The van der Waals surface area contributed by atoms with Crippen molar-refractivity contribution >= 4 is 29.3 Å². The van der Waals surface area contributed by atoms with Gasteiger partial charge in [-0.3, -0.25) is 0 Å². The first-order valence-corrected chi connectivity index (χ1v) is 8.75. The number of thiol groups is 1. The largest absolute Gasteiger partial charge is 0.141 e. The minimum atomic E-state index is -1.20. The van der Waals surface area contributed by atoms with Crippen molar-refractivity contribution in [1.29, 1.82) is 0 Å². The molecule has 0 aromatic rings. The zero-order valence-corrected chi connectivity index (χ0v) is 10.2. The molecule has 68 valence electrons. The Labute approximate surface area is 81.3 Å². The van der Waals surface area contributed by atoms with Crippen LogP contribution in [-0.2, 0) is 11.8 Å². The molecule has 0 aromatic carbocycles. The van der Waals surface area contributed by atoms with E-state index in [4.69, 9.17) is 11.8 Å². The molecule has 0 heterocycles. The Kier molecular flexibility index (Phi) is 7.10. The van der Waals surface area contributed by atoms with Crippen LogP contribution >= 0.6 is 17.5 Å². The number of rotatable bonds is 6. The lowest BCUT2D eigenvalue weighted by Gasteiger charge is -2.13. The van der Waals surface area contributed by atoms with Gasteiger partial charge in [0.25, 0.3) is 0 Å². The highest BCUT2D eigenvalue weighted by molar-refractivity contribution is 8.63. The molecule has 0 aliphatic carbocycles. The monoisotopic (exact) mass is 210 g/mol. The molecule has 0 rings (SSSR count). The van der Waals surface area contributed by atoms with Crippen LogP contribution in [0.1, 0.15) is 39.5 Å². The average molecular weight is 210 g/mol. The van der Waals surface area contributed by atoms with Gasteiger partial charge in [0.2, 0.25) is 0 Å². The normalized spacial score (nSPS) is 11.9. The Balaban J connectivity index is 3.53. The highest BCUT2D eigenvalue weighted by Crippen LogP contribution is 2.52. The molecule has 3 heteroatoms. The third-order valence-electron chi connectivity index (χ3n) is 1.72. The molecule has 0 fully saturated rings. The van der Waals surface area contributed by atoms with E-state index >= 15 is 0 Å². The van der Waals surface area contributed by atoms with E-state index < -0.39 is 5.24 Å². The molecule has 0 saturated heterocycles. The van der Waals surface area contributed by atoms with E-state index in [-0.39, 0.29) is 0 Å². The van der Waals surface area contributed by atoms with Gasteiger partial charge in [-0.25, -0.2) is 0 Å². The predicted molar refractivity (Wildman–Crippen MR) is 62.8 cm³/mol. The second-order valence-electron chi connectivity index (χ2n) is 3.00. The lowest BCUT2D eigenvalue weighted by molar-refractivity contribution is 0.872. The first kappa shape index (κ1) is 12.0. The molecule has 0 unspecified atom stereocenters. The molecule has 0 aliphatic rings. The molecule has 0 atom stereocenters. The van der Waals surface area contributed by atoms with Crippen LogP contribution in [0.25, 0.3) is 0 Å². The van der Waals surface area contributed by atoms with Crippen LogP contribution < -0.4 is 0 Å². The van der Waals surface area contributed by atoms with E-state index in [0.717, 1.165) is 0 Å². The topological polar surface area (TPSA) is 0 Å². The lowest BCUT2D eigenvalue weighted by atomic mass is 10.4. The summed E-state index contributed by atoms with van der Waals surface area (Å²) >= 11 is 10.0. The summed E-state index contributed by atoms with van der Waals surface area (Å²) in [6.45, 7) is 4.42. The summed E-state index contributed by atoms with van der Waals surface area (Å²) in [5, 5.41) is -1.20. The van der Waals surface area contributed by atoms with Crippen LogP contribution in [0.15, 0.2) is 0 Å². The van der Waals surface area contributed by atoms with Gasteiger partial charge in [-0.2, -0.15) is 0 Å². The van der Waals surface area contributed by atoms with Crippen LogP contribution in [0.5, 0.6) is 0 Å². The van der Waals surface area contributed by atoms with E-state index in [1.54, 1.807) is 0 Å². The van der Waals surface area contributed by atoms with Gasteiger partial charge in [-0.15, -0.1) is 12.2 Å². The molecule has 0 amide bonds. The van der Waals surface area contributed by atoms with Gasteiger partial charge in [0.15, 0.2) is 0 Å². The highest BCUT2D eigenvalue weighted by atomic mass is 32.9. The summed E-state index contributed by atoms with van der Waals surface area (Å²) < 4.78 is 0. The van der Waals surface area contributed by atoms with E-state index in [9.17, 15) is 0 Å². The van der Waals surface area contributed by atoms with Crippen molar-refractivity contribution in [1.82, 2.24) is 0 Å². The Morgan fingerprint density at radius 2 is 1.45 bits per heavy atom. The molecule has 0 bridgehead atoms. The number of hydrogen-bond donors (Lipinski definition) is 1. The summed E-state index contributed by atoms with van der Waals surface area (Å²) in [6, 6.07) is 0. The molecule has 0 nitrogen and oxygen atoms in total. The third-order valence-corrected chi connectivity index (χ3v) is 6.05. The fourth-order valence-corrected chi connectivity index (χ4v) is 4.39. The molecule has 11 heavy (non-hydrogen) atoms. The van der Waals surface area contributed by atoms with Gasteiger partial charge >= 0.3 is 0 Å². The van der Waals surface area contributed by atoms with Gasteiger partial charge in [-0.1, -0.05) is 38.5 Å². The van der Waals surface area contributed by atoms with Crippen molar-refractivity contribution in [2.24, 2.45) is 0 Å². The van der Waals surface area contributed by atoms with Crippen molar-refractivity contribution < 1.29 is 0 Å². The first-order chi connectivity index (χ1) is 5.12. The smallest absolute Gasteiger partial charge is 0.00343 e. The second kappa shape index (κ2) is 6.51. The summed E-state index contributed by atoms with van der Waals surface area (Å²) in [4.78, 5) is 0. The minimum Gasteiger partial charge on any atom is -0.141 e. The second-order valence-corrected chi connectivity index (χ2v) is 10.8. The van der Waals surface area contributed by atoms with Crippen molar-refractivity contribution in [3.05, 3.63) is 0 Å². The Morgan fingerprint density at radius 3 is 1.73 bits per heavy atom. The molecule has 0 aromatic heterocycles. The maximum absolute atomic E-state index is 5.45. The van der Waals surface area contributed by atoms with Crippen molar-refractivity contribution in [3.63, 3.8) is 0 Å². The highest BCUT2D eigenvalue weighted by Gasteiger charge is 2.08. The zero-order chi connectivity index (χ0) is 8.74. The van der Waals surface area contributed by atoms with Crippen LogP contribution in [0, 0.1) is 0 Å². The maximum Gasteiger partial charge on any atom is 0.00343 e. The molecule has 0 saturated carbocycles. The van der Waals surface area contributed by atoms with E-state index in [1.807, 2.05) is 0 Å². The molecule has 0 radical (unpaired) electrons. The summed E-state index contributed by atoms with van der Waals surface area (Å²) in [6.07, 6.45) is 7.44. The Morgan fingerprint density at radius 1 is 1.09 bits per heavy atom. The Hall–Kier alpha value is 1.00. The predicted octanol–water partition coefficient (Wildman–Crippen LogP) is 3.91. The van der Waals surface area contributed by atoms with Crippen LogP contribution in [-0.4, -0.2) is 12.3 Å². The molecular weight excluding hydrogens is 191 g/mol. The van der Waals surface area contributed by atoms with E-state index in [0.29, 0.717) is 0 Å². The lowest BCUT2D eigenvalue weighted by Crippen LogP contribution is -1.89. The molecule has 0 spiro atoms. The number of unbranched alkanes of at least 4 members (excludes halogenated alkanes) is 2. The molecule has 0 aliphatic heterocycles. The fraction of sp³-hybridized carbons (Fsp3) is 1.00. The Bertz CT molecular complexity index is 122.